The molecule has 1 atom stereocenters. The number of carbonyl (C=O) groups excluding carboxylic acids is 1. The molecule has 0 bridgehead atoms. The molecule has 0 radical (unpaired) electrons. The number of methoxy groups -OCH3 is 1. The van der Waals surface area contributed by atoms with Crippen molar-refractivity contribution in [1.82, 2.24) is 5.32 Å². The van der Waals surface area contributed by atoms with Crippen molar-refractivity contribution in [3.8, 4) is 0 Å². The fraction of sp³-hybridized carbons (Fsp3) is 0.923. The molecular formula is C13H25NO2. The van der Waals surface area contributed by atoms with Gasteiger partial charge in [-0.1, -0.05) is 27.2 Å². The van der Waals surface area contributed by atoms with Crippen LogP contribution in [0.3, 0.4) is 0 Å². The monoisotopic (exact) mass is 227 g/mol. The minimum absolute atomic E-state index is 0.0381. The largest absolute Gasteiger partial charge is 0.469 e. The van der Waals surface area contributed by atoms with Gasteiger partial charge in [0.15, 0.2) is 0 Å². The van der Waals surface area contributed by atoms with E-state index in [-0.39, 0.29) is 11.5 Å². The fourth-order valence-corrected chi connectivity index (χ4v) is 3.09. The smallest absolute Gasteiger partial charge is 0.307 e. The van der Waals surface area contributed by atoms with Crippen molar-refractivity contribution in [1.29, 1.82) is 0 Å². The number of nitrogens with one attached hydrogen (secondary N) is 1. The average molecular weight is 227 g/mol. The van der Waals surface area contributed by atoms with Gasteiger partial charge < -0.3 is 10.1 Å². The minimum atomic E-state index is -0.0985. The second-order valence-electron chi connectivity index (χ2n) is 5.76. The Labute approximate surface area is 98.9 Å². The maximum Gasteiger partial charge on any atom is 0.307 e. The van der Waals surface area contributed by atoms with Gasteiger partial charge in [-0.3, -0.25) is 4.79 Å². The molecule has 94 valence electrons. The van der Waals surface area contributed by atoms with E-state index in [9.17, 15) is 4.79 Å². The molecule has 0 aliphatic heterocycles. The molecule has 0 aromatic carbocycles. The highest BCUT2D eigenvalue weighted by molar-refractivity contribution is 5.70. The van der Waals surface area contributed by atoms with Crippen molar-refractivity contribution in [3.63, 3.8) is 0 Å². The number of carbonyl (C=O) groups is 1. The standard InChI is InChI=1S/C13H25NO2/c1-5-14-13(9-11(15)16-4)8-6-7-12(2,3)10-13/h14H,5-10H2,1-4H3. The van der Waals surface area contributed by atoms with Crippen LogP contribution in [0.15, 0.2) is 0 Å². The molecular weight excluding hydrogens is 202 g/mol. The van der Waals surface area contributed by atoms with Gasteiger partial charge in [0.1, 0.15) is 0 Å². The fourth-order valence-electron chi connectivity index (χ4n) is 3.09. The van der Waals surface area contributed by atoms with Crippen LogP contribution in [-0.2, 0) is 9.53 Å². The summed E-state index contributed by atoms with van der Waals surface area (Å²) in [5.41, 5.74) is 0.290. The molecule has 0 aromatic rings. The Kier molecular flexibility index (Phi) is 4.36. The van der Waals surface area contributed by atoms with Crippen LogP contribution < -0.4 is 5.32 Å². The van der Waals surface area contributed by atoms with Crippen LogP contribution in [0.2, 0.25) is 0 Å². The van der Waals surface area contributed by atoms with Gasteiger partial charge in [0.2, 0.25) is 0 Å². The summed E-state index contributed by atoms with van der Waals surface area (Å²) in [6, 6.07) is 0. The first-order valence-electron chi connectivity index (χ1n) is 6.25. The molecule has 16 heavy (non-hydrogen) atoms. The van der Waals surface area contributed by atoms with Crippen molar-refractivity contribution in [2.75, 3.05) is 13.7 Å². The Hall–Kier alpha value is -0.570. The number of hydrogen-bond acceptors (Lipinski definition) is 3. The van der Waals surface area contributed by atoms with Crippen molar-refractivity contribution in [3.05, 3.63) is 0 Å². The number of esters is 1. The van der Waals surface area contributed by atoms with E-state index in [0.29, 0.717) is 11.8 Å². The number of ether oxygens (including phenoxy) is 1. The highest BCUT2D eigenvalue weighted by atomic mass is 16.5. The van der Waals surface area contributed by atoms with Crippen LogP contribution in [0, 0.1) is 5.41 Å². The van der Waals surface area contributed by atoms with Gasteiger partial charge in [0, 0.05) is 5.54 Å². The summed E-state index contributed by atoms with van der Waals surface area (Å²) >= 11 is 0. The van der Waals surface area contributed by atoms with E-state index in [2.05, 4.69) is 26.1 Å². The Balaban J connectivity index is 2.74. The van der Waals surface area contributed by atoms with Crippen molar-refractivity contribution in [2.45, 2.75) is 58.4 Å². The lowest BCUT2D eigenvalue weighted by Crippen LogP contribution is -2.52. The summed E-state index contributed by atoms with van der Waals surface area (Å²) in [6.07, 6.45) is 5.08. The van der Waals surface area contributed by atoms with E-state index in [1.54, 1.807) is 0 Å². The van der Waals surface area contributed by atoms with Gasteiger partial charge in [0.05, 0.1) is 13.5 Å². The first-order chi connectivity index (χ1) is 7.43. The minimum Gasteiger partial charge on any atom is -0.469 e. The first kappa shape index (κ1) is 13.5. The summed E-state index contributed by atoms with van der Waals surface area (Å²) in [7, 11) is 1.47. The zero-order chi connectivity index (χ0) is 12.2. The van der Waals surface area contributed by atoms with Crippen LogP contribution in [0.4, 0.5) is 0 Å². The molecule has 1 aliphatic carbocycles. The highest BCUT2D eigenvalue weighted by Gasteiger charge is 2.40. The molecule has 0 amide bonds. The van der Waals surface area contributed by atoms with E-state index in [1.807, 2.05) is 0 Å². The molecule has 1 aliphatic rings. The predicted octanol–water partition coefficient (Wildman–Crippen LogP) is 2.50. The summed E-state index contributed by atoms with van der Waals surface area (Å²) in [6.45, 7) is 7.58. The quantitative estimate of drug-likeness (QED) is 0.750. The molecule has 0 saturated heterocycles. The first-order valence-corrected chi connectivity index (χ1v) is 6.25. The second-order valence-corrected chi connectivity index (χ2v) is 5.76. The normalized spacial score (nSPS) is 28.8. The van der Waals surface area contributed by atoms with Gasteiger partial charge in [-0.2, -0.15) is 0 Å². The highest BCUT2D eigenvalue weighted by Crippen LogP contribution is 2.42. The van der Waals surface area contributed by atoms with Crippen molar-refractivity contribution >= 4 is 5.97 Å². The number of rotatable bonds is 4. The molecule has 0 spiro atoms. The van der Waals surface area contributed by atoms with E-state index in [4.69, 9.17) is 4.74 Å². The molecule has 0 heterocycles. The summed E-state index contributed by atoms with van der Waals surface area (Å²) in [5.74, 6) is -0.0985. The maximum absolute atomic E-state index is 11.5. The molecule has 1 saturated carbocycles. The van der Waals surface area contributed by atoms with Crippen LogP contribution in [-0.4, -0.2) is 25.2 Å². The van der Waals surface area contributed by atoms with Gasteiger partial charge in [-0.05, 0) is 31.2 Å². The molecule has 1 N–H and O–H groups in total. The molecule has 1 fully saturated rings. The average Bonchev–Trinajstić information content (AvgIpc) is 2.16. The van der Waals surface area contributed by atoms with E-state index < -0.39 is 0 Å². The third-order valence-electron chi connectivity index (χ3n) is 3.59. The van der Waals surface area contributed by atoms with Gasteiger partial charge in [-0.25, -0.2) is 0 Å². The maximum atomic E-state index is 11.5. The third-order valence-corrected chi connectivity index (χ3v) is 3.59. The Morgan fingerprint density at radius 2 is 2.06 bits per heavy atom. The third kappa shape index (κ3) is 3.48. The summed E-state index contributed by atoms with van der Waals surface area (Å²) in [5, 5.41) is 3.52. The zero-order valence-electron chi connectivity index (χ0n) is 11.1. The second kappa shape index (κ2) is 5.17. The van der Waals surface area contributed by atoms with Crippen molar-refractivity contribution in [2.24, 2.45) is 5.41 Å². The lowest BCUT2D eigenvalue weighted by atomic mass is 9.67. The molecule has 3 heteroatoms. The molecule has 0 aromatic heterocycles. The van der Waals surface area contributed by atoms with Crippen LogP contribution >= 0.6 is 0 Å². The van der Waals surface area contributed by atoms with Crippen LogP contribution in [0.5, 0.6) is 0 Å². The summed E-state index contributed by atoms with van der Waals surface area (Å²) in [4.78, 5) is 11.5. The van der Waals surface area contributed by atoms with Gasteiger partial charge in [0.25, 0.3) is 0 Å². The summed E-state index contributed by atoms with van der Waals surface area (Å²) < 4.78 is 4.81. The molecule has 1 unspecified atom stereocenters. The van der Waals surface area contributed by atoms with Gasteiger partial charge in [-0.15, -0.1) is 0 Å². The predicted molar refractivity (Wildman–Crippen MR) is 65.3 cm³/mol. The molecule has 3 nitrogen and oxygen atoms in total. The topological polar surface area (TPSA) is 38.3 Å². The van der Waals surface area contributed by atoms with Crippen LogP contribution in [0.1, 0.15) is 52.9 Å². The lowest BCUT2D eigenvalue weighted by Gasteiger charge is -2.45. The van der Waals surface area contributed by atoms with E-state index in [1.165, 1.54) is 20.0 Å². The molecule has 1 rings (SSSR count). The Bertz CT molecular complexity index is 246. The zero-order valence-corrected chi connectivity index (χ0v) is 11.1. The van der Waals surface area contributed by atoms with Crippen molar-refractivity contribution < 1.29 is 9.53 Å². The SMILES string of the molecule is CCNC1(CC(=O)OC)CCCC(C)(C)C1. The van der Waals surface area contributed by atoms with E-state index in [0.717, 1.165) is 19.4 Å². The number of hydrogen-bond donors (Lipinski definition) is 1. The lowest BCUT2D eigenvalue weighted by molar-refractivity contribution is -0.143. The van der Waals surface area contributed by atoms with Gasteiger partial charge >= 0.3 is 5.97 Å². The van der Waals surface area contributed by atoms with Crippen LogP contribution in [0.25, 0.3) is 0 Å². The Morgan fingerprint density at radius 1 is 1.38 bits per heavy atom. The Morgan fingerprint density at radius 3 is 2.56 bits per heavy atom. The van der Waals surface area contributed by atoms with E-state index >= 15 is 0 Å².